The van der Waals surface area contributed by atoms with Crippen molar-refractivity contribution in [2.24, 2.45) is 7.05 Å². The van der Waals surface area contributed by atoms with Crippen LogP contribution in [-0.4, -0.2) is 43.7 Å². The molecule has 0 spiro atoms. The zero-order valence-electron chi connectivity index (χ0n) is 15.4. The van der Waals surface area contributed by atoms with Crippen molar-refractivity contribution < 1.29 is 9.53 Å². The van der Waals surface area contributed by atoms with E-state index in [0.29, 0.717) is 17.6 Å². The summed E-state index contributed by atoms with van der Waals surface area (Å²) in [5.74, 6) is 0.623. The van der Waals surface area contributed by atoms with E-state index in [1.54, 1.807) is 25.4 Å². The first-order valence-electron chi connectivity index (χ1n) is 8.66. The standard InChI is InChI=1S/C19H20N6O2/c1-12(20-19(26)15-5-4-8-25-18(15)21-22-23-25)9-13-11-24(2)17-7-6-14(27-3)10-16(13)17/h4-8,10-12H,9H2,1-3H3,(H,20,26). The molecule has 0 bridgehead atoms. The van der Waals surface area contributed by atoms with Gasteiger partial charge >= 0.3 is 0 Å². The molecule has 0 saturated carbocycles. The Kier molecular flexibility index (Phi) is 4.23. The van der Waals surface area contributed by atoms with Crippen molar-refractivity contribution >= 4 is 22.5 Å². The molecule has 0 aliphatic rings. The first-order valence-corrected chi connectivity index (χ1v) is 8.66. The average Bonchev–Trinajstić information content (AvgIpc) is 3.26. The number of nitrogens with one attached hydrogen (secondary N) is 1. The number of hydrogen-bond donors (Lipinski definition) is 1. The van der Waals surface area contributed by atoms with Gasteiger partial charge in [0.15, 0.2) is 5.65 Å². The van der Waals surface area contributed by atoms with Crippen LogP contribution in [-0.2, 0) is 13.5 Å². The van der Waals surface area contributed by atoms with Gasteiger partial charge in [-0.25, -0.2) is 0 Å². The van der Waals surface area contributed by atoms with E-state index in [4.69, 9.17) is 4.74 Å². The predicted molar refractivity (Wildman–Crippen MR) is 101 cm³/mol. The molecule has 3 heterocycles. The molecule has 0 aliphatic carbocycles. The first kappa shape index (κ1) is 17.0. The van der Waals surface area contributed by atoms with Gasteiger partial charge in [-0.15, -0.1) is 5.10 Å². The Morgan fingerprint density at radius 3 is 3.00 bits per heavy atom. The highest BCUT2D eigenvalue weighted by Crippen LogP contribution is 2.26. The molecule has 3 aromatic heterocycles. The minimum Gasteiger partial charge on any atom is -0.497 e. The number of amides is 1. The maximum absolute atomic E-state index is 12.7. The number of aryl methyl sites for hydroxylation is 1. The average molecular weight is 364 g/mol. The van der Waals surface area contributed by atoms with Crippen molar-refractivity contribution in [3.8, 4) is 5.75 Å². The van der Waals surface area contributed by atoms with E-state index in [-0.39, 0.29) is 11.9 Å². The third-order valence-corrected chi connectivity index (χ3v) is 4.65. The van der Waals surface area contributed by atoms with Crippen LogP contribution in [0, 0.1) is 0 Å². The number of pyridine rings is 1. The molecule has 1 aromatic carbocycles. The van der Waals surface area contributed by atoms with Crippen LogP contribution in [0.4, 0.5) is 0 Å². The van der Waals surface area contributed by atoms with E-state index in [1.165, 1.54) is 4.52 Å². The number of methoxy groups -OCH3 is 1. The highest BCUT2D eigenvalue weighted by Gasteiger charge is 2.17. The van der Waals surface area contributed by atoms with Crippen molar-refractivity contribution in [3.63, 3.8) is 0 Å². The summed E-state index contributed by atoms with van der Waals surface area (Å²) in [4.78, 5) is 12.7. The Bertz CT molecular complexity index is 1130. The van der Waals surface area contributed by atoms with Gasteiger partial charge in [-0.2, -0.15) is 4.52 Å². The van der Waals surface area contributed by atoms with E-state index in [1.807, 2.05) is 32.2 Å². The van der Waals surface area contributed by atoms with E-state index in [0.717, 1.165) is 22.2 Å². The lowest BCUT2D eigenvalue weighted by atomic mass is 10.1. The number of hydrogen-bond acceptors (Lipinski definition) is 5. The highest BCUT2D eigenvalue weighted by atomic mass is 16.5. The third kappa shape index (κ3) is 3.10. The Hall–Kier alpha value is -3.42. The third-order valence-electron chi connectivity index (χ3n) is 4.65. The molecule has 4 rings (SSSR count). The van der Waals surface area contributed by atoms with Crippen molar-refractivity contribution in [2.75, 3.05) is 7.11 Å². The predicted octanol–water partition coefficient (Wildman–Crippen LogP) is 1.99. The number of nitrogens with zero attached hydrogens (tertiary/aromatic N) is 5. The zero-order chi connectivity index (χ0) is 19.0. The number of benzene rings is 1. The molecule has 138 valence electrons. The van der Waals surface area contributed by atoms with Gasteiger partial charge in [0.2, 0.25) is 0 Å². The first-order chi connectivity index (χ1) is 13.1. The molecule has 0 saturated heterocycles. The number of tetrazole rings is 1. The van der Waals surface area contributed by atoms with Gasteiger partial charge in [0.05, 0.1) is 12.7 Å². The van der Waals surface area contributed by atoms with E-state index in [9.17, 15) is 4.79 Å². The lowest BCUT2D eigenvalue weighted by Gasteiger charge is -2.14. The number of fused-ring (bicyclic) bond motifs is 2. The maximum Gasteiger partial charge on any atom is 0.255 e. The lowest BCUT2D eigenvalue weighted by Crippen LogP contribution is -2.34. The molecule has 1 unspecified atom stereocenters. The minimum atomic E-state index is -0.194. The molecule has 8 nitrogen and oxygen atoms in total. The van der Waals surface area contributed by atoms with Gasteiger partial charge in [-0.05, 0) is 59.7 Å². The molecule has 0 aliphatic heterocycles. The number of rotatable bonds is 5. The van der Waals surface area contributed by atoms with Gasteiger partial charge in [0.1, 0.15) is 5.75 Å². The van der Waals surface area contributed by atoms with Crippen molar-refractivity contribution in [1.29, 1.82) is 0 Å². The Morgan fingerprint density at radius 1 is 1.33 bits per heavy atom. The summed E-state index contributed by atoms with van der Waals surface area (Å²) in [6.07, 6.45) is 4.50. The van der Waals surface area contributed by atoms with Crippen molar-refractivity contribution in [1.82, 2.24) is 29.9 Å². The van der Waals surface area contributed by atoms with Crippen LogP contribution in [0.25, 0.3) is 16.6 Å². The van der Waals surface area contributed by atoms with Gasteiger partial charge in [-0.3, -0.25) is 4.79 Å². The van der Waals surface area contributed by atoms with E-state index >= 15 is 0 Å². The SMILES string of the molecule is COc1ccc2c(c1)c(CC(C)NC(=O)c1cccn3nnnc13)cn2C. The normalized spacial score (nSPS) is 12.4. The van der Waals surface area contributed by atoms with Crippen LogP contribution < -0.4 is 10.1 Å². The highest BCUT2D eigenvalue weighted by molar-refractivity contribution is 5.99. The number of aromatic nitrogens is 5. The maximum atomic E-state index is 12.7. The molecule has 1 atom stereocenters. The Morgan fingerprint density at radius 2 is 2.19 bits per heavy atom. The summed E-state index contributed by atoms with van der Waals surface area (Å²) in [5, 5.41) is 15.5. The van der Waals surface area contributed by atoms with Crippen LogP contribution in [0.15, 0.2) is 42.7 Å². The summed E-state index contributed by atoms with van der Waals surface area (Å²) in [7, 11) is 3.67. The van der Waals surface area contributed by atoms with Gasteiger partial charge in [-0.1, -0.05) is 0 Å². The van der Waals surface area contributed by atoms with Gasteiger partial charge in [0.25, 0.3) is 5.91 Å². The molecule has 0 radical (unpaired) electrons. The number of carbonyl (C=O) groups excluding carboxylic acids is 1. The monoisotopic (exact) mass is 364 g/mol. The van der Waals surface area contributed by atoms with E-state index in [2.05, 4.69) is 31.6 Å². The van der Waals surface area contributed by atoms with Crippen LogP contribution in [0.5, 0.6) is 5.75 Å². The summed E-state index contributed by atoms with van der Waals surface area (Å²) in [6.45, 7) is 1.99. The fourth-order valence-electron chi connectivity index (χ4n) is 3.37. The number of carbonyl (C=O) groups is 1. The van der Waals surface area contributed by atoms with Crippen LogP contribution in [0.1, 0.15) is 22.8 Å². The fourth-order valence-corrected chi connectivity index (χ4v) is 3.37. The summed E-state index contributed by atoms with van der Waals surface area (Å²) in [6, 6.07) is 9.42. The molecule has 1 amide bonds. The minimum absolute atomic E-state index is 0.0644. The van der Waals surface area contributed by atoms with Crippen molar-refractivity contribution in [2.45, 2.75) is 19.4 Å². The second kappa shape index (κ2) is 6.71. The van der Waals surface area contributed by atoms with E-state index < -0.39 is 0 Å². The second-order valence-electron chi connectivity index (χ2n) is 6.60. The second-order valence-corrected chi connectivity index (χ2v) is 6.60. The van der Waals surface area contributed by atoms with Gasteiger partial charge in [0, 0.05) is 36.4 Å². The molecule has 4 aromatic rings. The summed E-state index contributed by atoms with van der Waals surface area (Å²) in [5.41, 5.74) is 3.18. The molecule has 0 fully saturated rings. The zero-order valence-corrected chi connectivity index (χ0v) is 15.4. The largest absolute Gasteiger partial charge is 0.497 e. The Labute approximate surface area is 155 Å². The van der Waals surface area contributed by atoms with Crippen LogP contribution in [0.3, 0.4) is 0 Å². The smallest absolute Gasteiger partial charge is 0.255 e. The molecular weight excluding hydrogens is 344 g/mol. The molecule has 27 heavy (non-hydrogen) atoms. The number of ether oxygens (including phenoxy) is 1. The lowest BCUT2D eigenvalue weighted by molar-refractivity contribution is 0.0941. The summed E-state index contributed by atoms with van der Waals surface area (Å²) >= 11 is 0. The molecule has 1 N–H and O–H groups in total. The molecule has 8 heteroatoms. The Balaban J connectivity index is 1.56. The van der Waals surface area contributed by atoms with Crippen LogP contribution >= 0.6 is 0 Å². The van der Waals surface area contributed by atoms with Crippen LogP contribution in [0.2, 0.25) is 0 Å². The quantitative estimate of drug-likeness (QED) is 0.585. The molecular formula is C19H20N6O2. The fraction of sp³-hybridized carbons (Fsp3) is 0.263. The topological polar surface area (TPSA) is 86.3 Å². The van der Waals surface area contributed by atoms with Crippen molar-refractivity contribution in [3.05, 3.63) is 53.9 Å². The van der Waals surface area contributed by atoms with Gasteiger partial charge < -0.3 is 14.6 Å². The summed E-state index contributed by atoms with van der Waals surface area (Å²) < 4.78 is 8.91.